The monoisotopic (exact) mass is 379 g/mol. The van der Waals surface area contributed by atoms with Gasteiger partial charge in [-0.15, -0.1) is 0 Å². The van der Waals surface area contributed by atoms with E-state index in [2.05, 4.69) is 5.32 Å². The van der Waals surface area contributed by atoms with Crippen molar-refractivity contribution in [2.24, 2.45) is 0 Å². The Kier molecular flexibility index (Phi) is 5.80. The second-order valence-corrected chi connectivity index (χ2v) is 9.15. The van der Waals surface area contributed by atoms with Gasteiger partial charge < -0.3 is 15.1 Å². The van der Waals surface area contributed by atoms with Crippen molar-refractivity contribution in [3.05, 3.63) is 35.9 Å². The minimum Gasteiger partial charge on any atom is -0.341 e. The van der Waals surface area contributed by atoms with E-state index in [9.17, 15) is 18.0 Å². The molecule has 2 heterocycles. The third-order valence-corrected chi connectivity index (χ3v) is 6.71. The molecule has 0 spiro atoms. The standard InChI is InChI=1S/C18H25N3O4S/c22-17(20-9-4-5-10-20)12-19-18(23)21(13-15-6-2-1-3-7-15)16-8-11-26(24,25)14-16/h1-3,6-7,16H,4-5,8-14H2,(H,19,23)/t16-/m0/s1. The van der Waals surface area contributed by atoms with Crippen LogP contribution in [0.1, 0.15) is 24.8 Å². The van der Waals surface area contributed by atoms with Crippen LogP contribution >= 0.6 is 0 Å². The van der Waals surface area contributed by atoms with Crippen molar-refractivity contribution in [3.63, 3.8) is 0 Å². The van der Waals surface area contributed by atoms with Gasteiger partial charge in [-0.2, -0.15) is 0 Å². The summed E-state index contributed by atoms with van der Waals surface area (Å²) in [7, 11) is -3.11. The van der Waals surface area contributed by atoms with Crippen molar-refractivity contribution in [2.75, 3.05) is 31.1 Å². The number of amides is 3. The maximum absolute atomic E-state index is 12.7. The number of likely N-dealkylation sites (tertiary alicyclic amines) is 1. The van der Waals surface area contributed by atoms with Gasteiger partial charge in [0.1, 0.15) is 0 Å². The molecule has 1 atom stereocenters. The topological polar surface area (TPSA) is 86.8 Å². The molecule has 0 saturated carbocycles. The van der Waals surface area contributed by atoms with E-state index in [1.54, 1.807) is 9.80 Å². The summed E-state index contributed by atoms with van der Waals surface area (Å²) in [5, 5.41) is 2.68. The second-order valence-electron chi connectivity index (χ2n) is 6.92. The highest BCUT2D eigenvalue weighted by molar-refractivity contribution is 7.91. The van der Waals surface area contributed by atoms with E-state index in [4.69, 9.17) is 0 Å². The fourth-order valence-electron chi connectivity index (χ4n) is 3.50. The number of benzene rings is 1. The number of hydrogen-bond donors (Lipinski definition) is 1. The van der Waals surface area contributed by atoms with Gasteiger partial charge in [0.05, 0.1) is 18.1 Å². The molecule has 0 bridgehead atoms. The first-order valence-electron chi connectivity index (χ1n) is 9.01. The maximum atomic E-state index is 12.7. The molecule has 0 radical (unpaired) electrons. The van der Waals surface area contributed by atoms with E-state index < -0.39 is 9.84 Å². The molecule has 1 aromatic rings. The van der Waals surface area contributed by atoms with E-state index in [0.717, 1.165) is 31.5 Å². The highest BCUT2D eigenvalue weighted by Gasteiger charge is 2.35. The maximum Gasteiger partial charge on any atom is 0.318 e. The van der Waals surface area contributed by atoms with Gasteiger partial charge in [-0.3, -0.25) is 4.79 Å². The average Bonchev–Trinajstić information content (AvgIpc) is 3.28. The van der Waals surface area contributed by atoms with E-state index >= 15 is 0 Å². The van der Waals surface area contributed by atoms with Crippen molar-refractivity contribution in [2.45, 2.75) is 31.8 Å². The molecule has 2 saturated heterocycles. The number of carbonyl (C=O) groups is 2. The van der Waals surface area contributed by atoms with Crippen LogP contribution in [0.25, 0.3) is 0 Å². The molecule has 3 rings (SSSR count). The third-order valence-electron chi connectivity index (χ3n) is 4.96. The third kappa shape index (κ3) is 4.75. The quantitative estimate of drug-likeness (QED) is 0.827. The lowest BCUT2D eigenvalue weighted by Crippen LogP contribution is -2.49. The molecule has 2 aliphatic heterocycles. The van der Waals surface area contributed by atoms with Crippen molar-refractivity contribution in [1.29, 1.82) is 0 Å². The Labute approximate surface area is 154 Å². The first-order valence-corrected chi connectivity index (χ1v) is 10.8. The molecule has 0 unspecified atom stereocenters. The molecule has 8 heteroatoms. The van der Waals surface area contributed by atoms with Gasteiger partial charge in [0, 0.05) is 25.7 Å². The van der Waals surface area contributed by atoms with Crippen LogP contribution in [0.3, 0.4) is 0 Å². The minimum absolute atomic E-state index is 0.0205. The van der Waals surface area contributed by atoms with Crippen molar-refractivity contribution in [3.8, 4) is 0 Å². The van der Waals surface area contributed by atoms with Gasteiger partial charge in [-0.25, -0.2) is 13.2 Å². The summed E-state index contributed by atoms with van der Waals surface area (Å²) in [5.41, 5.74) is 0.929. The number of hydrogen-bond acceptors (Lipinski definition) is 4. The van der Waals surface area contributed by atoms with E-state index in [0.29, 0.717) is 13.0 Å². The molecule has 142 valence electrons. The van der Waals surface area contributed by atoms with Gasteiger partial charge in [0.25, 0.3) is 0 Å². The van der Waals surface area contributed by atoms with E-state index in [1.807, 2.05) is 30.3 Å². The first kappa shape index (κ1) is 18.7. The number of nitrogens with one attached hydrogen (secondary N) is 1. The van der Waals surface area contributed by atoms with Crippen molar-refractivity contribution < 1.29 is 18.0 Å². The first-order chi connectivity index (χ1) is 12.4. The summed E-state index contributed by atoms with van der Waals surface area (Å²) in [6.45, 7) is 1.75. The molecule has 1 N–H and O–H groups in total. The van der Waals surface area contributed by atoms with Crippen LogP contribution in [-0.4, -0.2) is 67.3 Å². The Morgan fingerprint density at radius 1 is 1.15 bits per heavy atom. The van der Waals surface area contributed by atoms with Gasteiger partial charge in [0.2, 0.25) is 5.91 Å². The minimum atomic E-state index is -3.11. The SMILES string of the molecule is O=C(CNC(=O)N(Cc1ccccc1)[C@H]1CCS(=O)(=O)C1)N1CCCC1. The van der Waals surface area contributed by atoms with Crippen LogP contribution in [0.4, 0.5) is 4.79 Å². The van der Waals surface area contributed by atoms with Gasteiger partial charge in [0.15, 0.2) is 9.84 Å². The second kappa shape index (κ2) is 8.07. The summed E-state index contributed by atoms with van der Waals surface area (Å²) >= 11 is 0. The number of urea groups is 1. The Bertz CT molecular complexity index is 745. The van der Waals surface area contributed by atoms with Crippen LogP contribution in [-0.2, 0) is 21.2 Å². The summed E-state index contributed by atoms with van der Waals surface area (Å²) in [6.07, 6.45) is 2.43. The van der Waals surface area contributed by atoms with Crippen molar-refractivity contribution in [1.82, 2.24) is 15.1 Å². The molecule has 2 aliphatic rings. The Morgan fingerprint density at radius 3 is 2.46 bits per heavy atom. The van der Waals surface area contributed by atoms with Gasteiger partial charge >= 0.3 is 6.03 Å². The average molecular weight is 379 g/mol. The molecule has 7 nitrogen and oxygen atoms in total. The summed E-state index contributed by atoms with van der Waals surface area (Å²) < 4.78 is 23.7. The van der Waals surface area contributed by atoms with Crippen LogP contribution in [0.15, 0.2) is 30.3 Å². The normalized spacial score (nSPS) is 21.5. The zero-order chi connectivity index (χ0) is 18.6. The van der Waals surface area contributed by atoms with Crippen LogP contribution in [0.2, 0.25) is 0 Å². The van der Waals surface area contributed by atoms with Gasteiger partial charge in [-0.1, -0.05) is 30.3 Å². The number of carbonyl (C=O) groups excluding carboxylic acids is 2. The van der Waals surface area contributed by atoms with Crippen LogP contribution in [0, 0.1) is 0 Å². The number of nitrogens with zero attached hydrogens (tertiary/aromatic N) is 2. The molecule has 3 amide bonds. The van der Waals surface area contributed by atoms with Crippen LogP contribution < -0.4 is 5.32 Å². The predicted octanol–water partition coefficient (Wildman–Crippen LogP) is 1.01. The lowest BCUT2D eigenvalue weighted by atomic mass is 10.1. The summed E-state index contributed by atoms with van der Waals surface area (Å²) in [5.74, 6) is -0.00874. The lowest BCUT2D eigenvalue weighted by molar-refractivity contribution is -0.129. The summed E-state index contributed by atoms with van der Waals surface area (Å²) in [4.78, 5) is 28.2. The van der Waals surface area contributed by atoms with E-state index in [1.165, 1.54) is 0 Å². The molecule has 26 heavy (non-hydrogen) atoms. The smallest absolute Gasteiger partial charge is 0.318 e. The molecule has 0 aromatic heterocycles. The molecule has 2 fully saturated rings. The molecular weight excluding hydrogens is 354 g/mol. The summed E-state index contributed by atoms with van der Waals surface area (Å²) in [6, 6.07) is 8.72. The largest absolute Gasteiger partial charge is 0.341 e. The van der Waals surface area contributed by atoms with Gasteiger partial charge in [-0.05, 0) is 24.8 Å². The Morgan fingerprint density at radius 2 is 1.85 bits per heavy atom. The lowest BCUT2D eigenvalue weighted by Gasteiger charge is -2.29. The fourth-order valence-corrected chi connectivity index (χ4v) is 5.23. The number of sulfone groups is 1. The van der Waals surface area contributed by atoms with Crippen molar-refractivity contribution >= 4 is 21.8 Å². The zero-order valence-electron chi connectivity index (χ0n) is 14.8. The molecular formula is C18H25N3O4S. The zero-order valence-corrected chi connectivity index (χ0v) is 15.6. The molecule has 1 aromatic carbocycles. The van der Waals surface area contributed by atoms with E-state index in [-0.39, 0.29) is 36.0 Å². The Balaban J connectivity index is 1.65. The Hall–Kier alpha value is -2.09. The highest BCUT2D eigenvalue weighted by atomic mass is 32.2. The fraction of sp³-hybridized carbons (Fsp3) is 0.556. The highest BCUT2D eigenvalue weighted by Crippen LogP contribution is 2.20. The predicted molar refractivity (Wildman–Crippen MR) is 98.3 cm³/mol. The molecule has 0 aliphatic carbocycles. The number of rotatable bonds is 5. The van der Waals surface area contributed by atoms with Crippen LogP contribution in [0.5, 0.6) is 0 Å².